The molecule has 0 spiro atoms. The molecule has 0 radical (unpaired) electrons. The molecule has 48 heavy (non-hydrogen) atoms. The molecule has 9 rings (SSSR count). The number of amides is 1. The summed E-state index contributed by atoms with van der Waals surface area (Å²) in [7, 11) is 1.64. The molecule has 13 heteroatoms. The first kappa shape index (κ1) is 29.0. The number of carbonyl (C=O) groups excluding carboxylic acids is 1. The Morgan fingerprint density at radius 3 is 2.62 bits per heavy atom. The van der Waals surface area contributed by atoms with Crippen molar-refractivity contribution < 1.29 is 14.6 Å². The Kier molecular flexibility index (Phi) is 6.59. The number of nitriles is 1. The van der Waals surface area contributed by atoms with Gasteiger partial charge in [0, 0.05) is 67.9 Å². The first-order valence-electron chi connectivity index (χ1n) is 16.7. The van der Waals surface area contributed by atoms with Crippen molar-refractivity contribution in [3.05, 3.63) is 53.9 Å². The Morgan fingerprint density at radius 1 is 1.06 bits per heavy atom. The van der Waals surface area contributed by atoms with Crippen LogP contribution in [0.5, 0.6) is 11.8 Å². The molecule has 1 amide bonds. The number of nitrogens with zero attached hydrogens (tertiary/aromatic N) is 9. The van der Waals surface area contributed by atoms with Gasteiger partial charge in [0.25, 0.3) is 5.91 Å². The molecule has 6 heterocycles. The first-order valence-corrected chi connectivity index (χ1v) is 16.7. The maximum absolute atomic E-state index is 13.9. The Morgan fingerprint density at radius 2 is 1.90 bits per heavy atom. The van der Waals surface area contributed by atoms with Crippen LogP contribution in [0.1, 0.15) is 41.6 Å². The minimum absolute atomic E-state index is 0.0305. The van der Waals surface area contributed by atoms with Gasteiger partial charge in [0.1, 0.15) is 28.5 Å². The number of piperidine rings is 1. The quantitative estimate of drug-likeness (QED) is 0.255. The van der Waals surface area contributed by atoms with Crippen molar-refractivity contribution in [2.24, 2.45) is 23.5 Å². The standard InChI is InChI=1S/C35H36N10O3/c1-48-28-11-23(34(46)44-18-22-6-7-26(44)29(22)37)9-25-30(28)45(17-20-14-42(15-20)32-24(12-36)13-39-35(47)41-32)33(40-25)27-10-21-3-2-8-38-31(21)43(27)16-19-4-5-19/h2-3,8-11,13,19-20,22,26,29H,4-7,14-18,37H2,1H3,(H,39,41,47)/t22-,26-,29-/m1/s1. The maximum atomic E-state index is 13.9. The average molecular weight is 645 g/mol. The topological polar surface area (TPSA) is 164 Å². The van der Waals surface area contributed by atoms with Crippen molar-refractivity contribution in [1.29, 1.82) is 5.26 Å². The first-order chi connectivity index (χ1) is 23.4. The normalized spacial score (nSPS) is 22.1. The summed E-state index contributed by atoms with van der Waals surface area (Å²) in [4.78, 5) is 35.8. The molecule has 2 aliphatic carbocycles. The number of aromatic nitrogens is 6. The van der Waals surface area contributed by atoms with Gasteiger partial charge in [0.05, 0.1) is 24.5 Å². The number of rotatable bonds is 8. The lowest BCUT2D eigenvalue weighted by atomic mass is 9.99. The molecule has 4 aliphatic rings. The van der Waals surface area contributed by atoms with Gasteiger partial charge in [0.2, 0.25) is 0 Å². The fourth-order valence-corrected chi connectivity index (χ4v) is 8.15. The number of benzene rings is 1. The van der Waals surface area contributed by atoms with Gasteiger partial charge >= 0.3 is 6.01 Å². The molecular formula is C35H36N10O3. The van der Waals surface area contributed by atoms with Gasteiger partial charge in [-0.1, -0.05) is 0 Å². The number of ether oxygens (including phenoxy) is 1. The average Bonchev–Trinajstić information content (AvgIpc) is 3.44. The number of anilines is 1. The van der Waals surface area contributed by atoms with E-state index in [1.807, 2.05) is 34.2 Å². The summed E-state index contributed by atoms with van der Waals surface area (Å²) in [5.74, 6) is 2.95. The third-order valence-electron chi connectivity index (χ3n) is 10.8. The van der Waals surface area contributed by atoms with Gasteiger partial charge in [-0.2, -0.15) is 10.2 Å². The van der Waals surface area contributed by atoms with Crippen LogP contribution in [-0.2, 0) is 13.1 Å². The van der Waals surface area contributed by atoms with E-state index in [0.29, 0.717) is 66.2 Å². The number of hydrogen-bond donors (Lipinski definition) is 2. The zero-order valence-electron chi connectivity index (χ0n) is 26.7. The van der Waals surface area contributed by atoms with E-state index >= 15 is 0 Å². The van der Waals surface area contributed by atoms with Crippen LogP contribution in [0.2, 0.25) is 0 Å². The third-order valence-corrected chi connectivity index (χ3v) is 10.8. The van der Waals surface area contributed by atoms with E-state index in [0.717, 1.165) is 47.5 Å². The molecule has 4 aromatic heterocycles. The molecule has 1 aromatic carbocycles. The molecule has 0 unspecified atom stereocenters. The second kappa shape index (κ2) is 10.9. The number of carbonyl (C=O) groups is 1. The number of imidazole rings is 1. The van der Waals surface area contributed by atoms with E-state index in [9.17, 15) is 15.2 Å². The van der Waals surface area contributed by atoms with Gasteiger partial charge in [-0.3, -0.25) is 4.79 Å². The summed E-state index contributed by atoms with van der Waals surface area (Å²) in [5, 5.41) is 20.6. The zero-order valence-corrected chi connectivity index (χ0v) is 26.7. The predicted octanol–water partition coefficient (Wildman–Crippen LogP) is 3.54. The molecule has 3 N–H and O–H groups in total. The highest BCUT2D eigenvalue weighted by atomic mass is 16.5. The van der Waals surface area contributed by atoms with Crippen molar-refractivity contribution in [1.82, 2.24) is 34.0 Å². The summed E-state index contributed by atoms with van der Waals surface area (Å²) in [6.45, 7) is 3.44. The lowest BCUT2D eigenvalue weighted by molar-refractivity contribution is 0.0700. The fraction of sp³-hybridized carbons (Fsp3) is 0.429. The summed E-state index contributed by atoms with van der Waals surface area (Å²) in [6.07, 6.45) is 7.60. The molecule has 2 saturated carbocycles. The minimum Gasteiger partial charge on any atom is -0.494 e. The molecule has 2 bridgehead atoms. The van der Waals surface area contributed by atoms with Crippen LogP contribution in [0, 0.1) is 29.1 Å². The Hall–Kier alpha value is -5.22. The molecular weight excluding hydrogens is 608 g/mol. The van der Waals surface area contributed by atoms with Gasteiger partial charge in [-0.05, 0) is 67.9 Å². The van der Waals surface area contributed by atoms with Gasteiger partial charge in [-0.25, -0.2) is 15.0 Å². The smallest absolute Gasteiger partial charge is 0.315 e. The summed E-state index contributed by atoms with van der Waals surface area (Å²) >= 11 is 0. The van der Waals surface area contributed by atoms with Crippen molar-refractivity contribution in [3.8, 4) is 29.3 Å². The number of methoxy groups -OCH3 is 1. The van der Waals surface area contributed by atoms with Crippen molar-refractivity contribution in [2.45, 2.75) is 50.9 Å². The molecule has 4 fully saturated rings. The van der Waals surface area contributed by atoms with E-state index in [2.05, 4.69) is 37.3 Å². The highest BCUT2D eigenvalue weighted by Gasteiger charge is 2.47. The van der Waals surface area contributed by atoms with E-state index in [1.165, 1.54) is 19.0 Å². The lowest BCUT2D eigenvalue weighted by Crippen LogP contribution is -2.49. The van der Waals surface area contributed by atoms with E-state index in [-0.39, 0.29) is 29.9 Å². The molecule has 3 atom stereocenters. The monoisotopic (exact) mass is 644 g/mol. The van der Waals surface area contributed by atoms with E-state index in [4.69, 9.17) is 20.4 Å². The predicted molar refractivity (Wildman–Crippen MR) is 177 cm³/mol. The summed E-state index contributed by atoms with van der Waals surface area (Å²) in [6, 6.07) is 11.8. The Bertz CT molecular complexity index is 2140. The van der Waals surface area contributed by atoms with Gasteiger partial charge in [0.15, 0.2) is 11.6 Å². The molecule has 13 nitrogen and oxygen atoms in total. The highest BCUT2D eigenvalue weighted by molar-refractivity contribution is 6.00. The molecule has 5 aromatic rings. The van der Waals surface area contributed by atoms with E-state index < -0.39 is 0 Å². The van der Waals surface area contributed by atoms with Crippen molar-refractivity contribution >= 4 is 33.8 Å². The van der Waals surface area contributed by atoms with Gasteiger partial charge < -0.3 is 34.5 Å². The number of aromatic hydroxyl groups is 1. The Labute approximate surface area is 276 Å². The van der Waals surface area contributed by atoms with Crippen LogP contribution in [0.25, 0.3) is 33.6 Å². The zero-order chi connectivity index (χ0) is 32.7. The second-order valence-corrected chi connectivity index (χ2v) is 13.8. The highest BCUT2D eigenvalue weighted by Crippen LogP contribution is 2.41. The van der Waals surface area contributed by atoms with Crippen LogP contribution < -0.4 is 15.4 Å². The Balaban J connectivity index is 1.14. The van der Waals surface area contributed by atoms with Crippen LogP contribution >= 0.6 is 0 Å². The fourth-order valence-electron chi connectivity index (χ4n) is 8.15. The van der Waals surface area contributed by atoms with E-state index in [1.54, 1.807) is 7.11 Å². The minimum atomic E-state index is -0.355. The lowest BCUT2D eigenvalue weighted by Gasteiger charge is -2.40. The summed E-state index contributed by atoms with van der Waals surface area (Å²) in [5.41, 5.74) is 10.8. The number of nitrogens with two attached hydrogens (primary N) is 1. The van der Waals surface area contributed by atoms with Crippen molar-refractivity contribution in [3.63, 3.8) is 0 Å². The molecule has 244 valence electrons. The van der Waals surface area contributed by atoms with Crippen LogP contribution in [0.4, 0.5) is 5.82 Å². The van der Waals surface area contributed by atoms with Crippen LogP contribution in [0.15, 0.2) is 42.7 Å². The maximum Gasteiger partial charge on any atom is 0.315 e. The van der Waals surface area contributed by atoms with Crippen LogP contribution in [-0.4, -0.2) is 83.8 Å². The van der Waals surface area contributed by atoms with Crippen LogP contribution in [0.3, 0.4) is 0 Å². The second-order valence-electron chi connectivity index (χ2n) is 13.8. The summed E-state index contributed by atoms with van der Waals surface area (Å²) < 4.78 is 10.5. The van der Waals surface area contributed by atoms with Gasteiger partial charge in [-0.15, -0.1) is 0 Å². The number of likely N-dealkylation sites (tertiary alicyclic amines) is 1. The SMILES string of the molecule is COc1cc(C(=O)N2C[C@H]3CC[C@@H]2[C@@H]3N)cc2nc(-c3cc4cccnc4n3CC3CC3)n(CC3CN(c4nc(O)ncc4C#N)C3)c12. The molecule has 2 saturated heterocycles. The van der Waals surface area contributed by atoms with Crippen molar-refractivity contribution in [2.75, 3.05) is 31.6 Å². The number of hydrogen-bond acceptors (Lipinski definition) is 10. The number of pyridine rings is 1. The third kappa shape index (κ3) is 4.57. The number of fused-ring (bicyclic) bond motifs is 4. The largest absolute Gasteiger partial charge is 0.494 e. The molecule has 2 aliphatic heterocycles.